The molecule has 2 aromatic heterocycles. The van der Waals surface area contributed by atoms with Gasteiger partial charge in [0.15, 0.2) is 9.84 Å². The van der Waals surface area contributed by atoms with E-state index in [1.807, 2.05) is 11.8 Å². The van der Waals surface area contributed by atoms with E-state index in [0.29, 0.717) is 47.4 Å². The number of imidazole rings is 1. The van der Waals surface area contributed by atoms with Crippen LogP contribution in [0, 0.1) is 0 Å². The van der Waals surface area contributed by atoms with Crippen LogP contribution in [-0.4, -0.2) is 71.9 Å². The van der Waals surface area contributed by atoms with Crippen molar-refractivity contribution in [2.24, 2.45) is 0 Å². The smallest absolute Gasteiger partial charge is 0.259 e. The zero-order valence-electron chi connectivity index (χ0n) is 18.8. The number of rotatable bonds is 7. The van der Waals surface area contributed by atoms with Gasteiger partial charge in [0.05, 0.1) is 45.3 Å². The molecule has 5 rings (SSSR count). The monoisotopic (exact) mass is 482 g/mol. The quantitative estimate of drug-likeness (QED) is 0.364. The maximum Gasteiger partial charge on any atom is 0.259 e. The lowest BCUT2D eigenvalue weighted by atomic mass is 10.1. The van der Waals surface area contributed by atoms with E-state index in [2.05, 4.69) is 25.3 Å². The lowest BCUT2D eigenvalue weighted by Gasteiger charge is -2.26. The Hall–Kier alpha value is -3.28. The first-order valence-electron chi connectivity index (χ1n) is 11.2. The number of aromatic amines is 2. The molecular formula is C23H26N6O4S. The van der Waals surface area contributed by atoms with Gasteiger partial charge in [-0.2, -0.15) is 0 Å². The van der Waals surface area contributed by atoms with Gasteiger partial charge in [-0.15, -0.1) is 0 Å². The fraction of sp³-hybridized carbons (Fsp3) is 0.348. The van der Waals surface area contributed by atoms with Gasteiger partial charge in [0.1, 0.15) is 17.5 Å². The van der Waals surface area contributed by atoms with Crippen LogP contribution in [0.1, 0.15) is 13.3 Å². The van der Waals surface area contributed by atoms with E-state index < -0.39 is 9.84 Å². The molecule has 3 N–H and O–H groups in total. The van der Waals surface area contributed by atoms with E-state index in [0.717, 1.165) is 25.0 Å². The molecule has 1 aliphatic heterocycles. The molecule has 10 nitrogen and oxygen atoms in total. The van der Waals surface area contributed by atoms with Crippen molar-refractivity contribution in [1.29, 1.82) is 0 Å². The largest absolute Gasteiger partial charge is 0.493 e. The molecular weight excluding hydrogens is 456 g/mol. The van der Waals surface area contributed by atoms with Gasteiger partial charge < -0.3 is 20.0 Å². The van der Waals surface area contributed by atoms with Crippen LogP contribution in [0.25, 0.3) is 33.3 Å². The third-order valence-electron chi connectivity index (χ3n) is 5.84. The van der Waals surface area contributed by atoms with Gasteiger partial charge in [-0.3, -0.25) is 9.69 Å². The zero-order valence-corrected chi connectivity index (χ0v) is 19.6. The Morgan fingerprint density at radius 3 is 2.74 bits per heavy atom. The first-order chi connectivity index (χ1) is 16.4. The molecule has 2 aromatic carbocycles. The molecule has 0 spiro atoms. The van der Waals surface area contributed by atoms with Gasteiger partial charge in [-0.05, 0) is 36.8 Å². The Bertz CT molecular complexity index is 1510. The number of ether oxygens (including phenoxy) is 1. The average molecular weight is 483 g/mol. The summed E-state index contributed by atoms with van der Waals surface area (Å²) in [6.45, 7) is 5.30. The molecule has 3 heterocycles. The standard InChI is InChI=1S/C23H26N6O4S/c1-2-9-33-21-4-3-15(34(31,32)14-29-7-5-24-6-8-29)10-17(21)22-27-18-12-20-19(25-13-26-20)11-16(18)23(30)28-22/h3-4,10-13,24H,2,5-9,14H2,1H3,(H,25,26)(H,27,28,30). The maximum absolute atomic E-state index is 13.2. The average Bonchev–Trinajstić information content (AvgIpc) is 3.29. The number of aromatic nitrogens is 4. The second-order valence-electron chi connectivity index (χ2n) is 8.32. The van der Waals surface area contributed by atoms with Crippen LogP contribution in [0.3, 0.4) is 0 Å². The van der Waals surface area contributed by atoms with Crippen LogP contribution in [0.4, 0.5) is 0 Å². The Morgan fingerprint density at radius 1 is 1.12 bits per heavy atom. The van der Waals surface area contributed by atoms with Crippen molar-refractivity contribution in [3.05, 3.63) is 47.0 Å². The highest BCUT2D eigenvalue weighted by Gasteiger charge is 2.23. The third-order valence-corrected chi connectivity index (χ3v) is 7.51. The molecule has 4 aromatic rings. The van der Waals surface area contributed by atoms with Crippen LogP contribution in [0.5, 0.6) is 5.75 Å². The van der Waals surface area contributed by atoms with E-state index in [1.165, 1.54) is 0 Å². The molecule has 178 valence electrons. The van der Waals surface area contributed by atoms with Gasteiger partial charge in [-0.1, -0.05) is 6.92 Å². The van der Waals surface area contributed by atoms with Crippen molar-refractivity contribution in [3.8, 4) is 17.1 Å². The molecule has 0 atom stereocenters. The minimum absolute atomic E-state index is 0.0674. The highest BCUT2D eigenvalue weighted by molar-refractivity contribution is 7.91. The molecule has 0 saturated carbocycles. The maximum atomic E-state index is 13.2. The van der Waals surface area contributed by atoms with Gasteiger partial charge in [-0.25, -0.2) is 18.4 Å². The summed E-state index contributed by atoms with van der Waals surface area (Å²) in [6, 6.07) is 8.17. The molecule has 34 heavy (non-hydrogen) atoms. The van der Waals surface area contributed by atoms with Crippen molar-refractivity contribution in [1.82, 2.24) is 30.2 Å². The number of nitrogens with one attached hydrogen (secondary N) is 3. The topological polar surface area (TPSA) is 133 Å². The molecule has 0 aliphatic carbocycles. The first-order valence-corrected chi connectivity index (χ1v) is 12.9. The summed E-state index contributed by atoms with van der Waals surface area (Å²) in [5, 5.41) is 3.64. The molecule has 1 aliphatic rings. The van der Waals surface area contributed by atoms with Crippen LogP contribution >= 0.6 is 0 Å². The zero-order chi connectivity index (χ0) is 23.7. The molecule has 1 fully saturated rings. The molecule has 0 radical (unpaired) electrons. The molecule has 0 unspecified atom stereocenters. The predicted molar refractivity (Wildman–Crippen MR) is 130 cm³/mol. The Morgan fingerprint density at radius 2 is 1.94 bits per heavy atom. The van der Waals surface area contributed by atoms with Crippen LogP contribution in [0.15, 0.2) is 46.3 Å². The number of benzene rings is 2. The van der Waals surface area contributed by atoms with E-state index in [4.69, 9.17) is 4.74 Å². The number of fused-ring (bicyclic) bond motifs is 2. The van der Waals surface area contributed by atoms with Crippen LogP contribution in [-0.2, 0) is 9.84 Å². The van der Waals surface area contributed by atoms with Crippen molar-refractivity contribution >= 4 is 31.8 Å². The molecule has 0 amide bonds. The van der Waals surface area contributed by atoms with E-state index in [1.54, 1.807) is 36.7 Å². The third kappa shape index (κ3) is 4.41. The Labute approximate surface area is 196 Å². The van der Waals surface area contributed by atoms with E-state index in [9.17, 15) is 13.2 Å². The summed E-state index contributed by atoms with van der Waals surface area (Å²) in [6.07, 6.45) is 2.34. The number of hydrogen-bond acceptors (Lipinski definition) is 8. The lowest BCUT2D eigenvalue weighted by Crippen LogP contribution is -2.45. The van der Waals surface area contributed by atoms with Gasteiger partial charge in [0, 0.05) is 26.2 Å². The summed E-state index contributed by atoms with van der Waals surface area (Å²) in [4.78, 5) is 29.7. The Balaban J connectivity index is 1.60. The normalized spacial score (nSPS) is 15.2. The van der Waals surface area contributed by atoms with E-state index in [-0.39, 0.29) is 22.2 Å². The predicted octanol–water partition coefficient (Wildman–Crippen LogP) is 1.89. The van der Waals surface area contributed by atoms with Gasteiger partial charge in [0.2, 0.25) is 0 Å². The van der Waals surface area contributed by atoms with Crippen molar-refractivity contribution in [2.75, 3.05) is 38.7 Å². The minimum Gasteiger partial charge on any atom is -0.493 e. The SMILES string of the molecule is CCCOc1ccc(S(=O)(=O)CN2CCNCC2)cc1-c1nc2cc3nc[nH]c3cc2c(=O)[nH]1. The summed E-state index contributed by atoms with van der Waals surface area (Å²) >= 11 is 0. The summed E-state index contributed by atoms with van der Waals surface area (Å²) in [5.74, 6) is 0.645. The summed E-state index contributed by atoms with van der Waals surface area (Å²) in [7, 11) is -3.59. The lowest BCUT2D eigenvalue weighted by molar-refractivity contribution is 0.274. The van der Waals surface area contributed by atoms with Crippen LogP contribution in [0.2, 0.25) is 0 Å². The fourth-order valence-electron chi connectivity index (χ4n) is 4.08. The van der Waals surface area contributed by atoms with Crippen molar-refractivity contribution in [3.63, 3.8) is 0 Å². The fourth-order valence-corrected chi connectivity index (χ4v) is 5.54. The highest BCUT2D eigenvalue weighted by Crippen LogP contribution is 2.31. The first kappa shape index (κ1) is 22.5. The molecule has 0 bridgehead atoms. The van der Waals surface area contributed by atoms with Crippen LogP contribution < -0.4 is 15.6 Å². The van der Waals surface area contributed by atoms with E-state index >= 15 is 0 Å². The number of piperazine rings is 1. The number of H-pyrrole nitrogens is 2. The second kappa shape index (κ2) is 9.16. The number of nitrogens with zero attached hydrogens (tertiary/aromatic N) is 3. The number of hydrogen-bond donors (Lipinski definition) is 3. The highest BCUT2D eigenvalue weighted by atomic mass is 32.2. The minimum atomic E-state index is -3.59. The molecule has 11 heteroatoms. The van der Waals surface area contributed by atoms with Gasteiger partial charge in [0.25, 0.3) is 5.56 Å². The Kier molecular flexibility index (Phi) is 6.07. The molecule has 1 saturated heterocycles. The van der Waals surface area contributed by atoms with Crippen molar-refractivity contribution < 1.29 is 13.2 Å². The summed E-state index contributed by atoms with van der Waals surface area (Å²) in [5.41, 5.74) is 1.99. The van der Waals surface area contributed by atoms with Crippen molar-refractivity contribution in [2.45, 2.75) is 18.2 Å². The number of sulfone groups is 1. The van der Waals surface area contributed by atoms with Gasteiger partial charge >= 0.3 is 0 Å². The second-order valence-corrected chi connectivity index (χ2v) is 10.3. The summed E-state index contributed by atoms with van der Waals surface area (Å²) < 4.78 is 32.3.